The molecule has 0 aliphatic heterocycles. The van der Waals surface area contributed by atoms with Crippen molar-refractivity contribution < 1.29 is 5.11 Å². The van der Waals surface area contributed by atoms with Crippen LogP contribution in [-0.4, -0.2) is 11.2 Å². The summed E-state index contributed by atoms with van der Waals surface area (Å²) in [5.41, 5.74) is 0. The summed E-state index contributed by atoms with van der Waals surface area (Å²) in [5.74, 6) is 7.65. The van der Waals surface area contributed by atoms with Crippen molar-refractivity contribution in [3.05, 3.63) is 0 Å². The SMILES string of the molecule is OC1CCCC1CC#CC1CC1. The van der Waals surface area contributed by atoms with E-state index >= 15 is 0 Å². The van der Waals surface area contributed by atoms with Gasteiger partial charge >= 0.3 is 0 Å². The summed E-state index contributed by atoms with van der Waals surface area (Å²) in [6.07, 6.45) is 6.85. The van der Waals surface area contributed by atoms with Crippen LogP contribution in [0.5, 0.6) is 0 Å². The van der Waals surface area contributed by atoms with Gasteiger partial charge in [-0.05, 0) is 31.6 Å². The first kappa shape index (κ1) is 8.13. The van der Waals surface area contributed by atoms with E-state index in [9.17, 15) is 5.11 Å². The van der Waals surface area contributed by atoms with Gasteiger partial charge in [-0.3, -0.25) is 0 Å². The smallest absolute Gasteiger partial charge is 0.0577 e. The molecule has 0 aromatic carbocycles. The molecule has 2 aliphatic rings. The molecule has 0 saturated heterocycles. The van der Waals surface area contributed by atoms with E-state index in [1.165, 1.54) is 25.7 Å². The van der Waals surface area contributed by atoms with Gasteiger partial charge in [0.05, 0.1) is 6.10 Å². The lowest BCUT2D eigenvalue weighted by atomic mass is 10.0. The topological polar surface area (TPSA) is 20.2 Å². The molecule has 2 fully saturated rings. The van der Waals surface area contributed by atoms with Crippen molar-refractivity contribution in [2.24, 2.45) is 11.8 Å². The van der Waals surface area contributed by atoms with Gasteiger partial charge in [0, 0.05) is 12.3 Å². The van der Waals surface area contributed by atoms with Crippen LogP contribution in [0.4, 0.5) is 0 Å². The van der Waals surface area contributed by atoms with Crippen LogP contribution in [-0.2, 0) is 0 Å². The Balaban J connectivity index is 1.75. The van der Waals surface area contributed by atoms with Gasteiger partial charge in [-0.2, -0.15) is 0 Å². The predicted octanol–water partition coefficient (Wildman–Crippen LogP) is 1.95. The Morgan fingerprint density at radius 2 is 2.00 bits per heavy atom. The van der Waals surface area contributed by atoms with Crippen molar-refractivity contribution in [1.82, 2.24) is 0 Å². The Hall–Kier alpha value is -0.480. The Morgan fingerprint density at radius 3 is 2.58 bits per heavy atom. The summed E-state index contributed by atoms with van der Waals surface area (Å²) < 4.78 is 0. The largest absolute Gasteiger partial charge is 0.393 e. The van der Waals surface area contributed by atoms with Crippen LogP contribution in [0.3, 0.4) is 0 Å². The Kier molecular flexibility index (Phi) is 2.37. The van der Waals surface area contributed by atoms with Crippen molar-refractivity contribution in [2.45, 2.75) is 44.6 Å². The maximum Gasteiger partial charge on any atom is 0.0577 e. The van der Waals surface area contributed by atoms with Crippen molar-refractivity contribution in [2.75, 3.05) is 0 Å². The van der Waals surface area contributed by atoms with Gasteiger partial charge in [0.1, 0.15) is 0 Å². The Bertz CT molecular complexity index is 207. The maximum atomic E-state index is 9.50. The minimum atomic E-state index is -0.0569. The molecule has 2 saturated carbocycles. The monoisotopic (exact) mass is 164 g/mol. The van der Waals surface area contributed by atoms with E-state index in [0.717, 1.165) is 12.8 Å². The summed E-state index contributed by atoms with van der Waals surface area (Å²) in [4.78, 5) is 0. The molecule has 2 atom stereocenters. The van der Waals surface area contributed by atoms with Crippen LogP contribution in [0.2, 0.25) is 0 Å². The molecule has 0 bridgehead atoms. The van der Waals surface area contributed by atoms with Crippen molar-refractivity contribution in [3.8, 4) is 11.8 Å². The quantitative estimate of drug-likeness (QED) is 0.587. The Labute approximate surface area is 74.2 Å². The van der Waals surface area contributed by atoms with Gasteiger partial charge in [-0.25, -0.2) is 0 Å². The first-order chi connectivity index (χ1) is 5.86. The lowest BCUT2D eigenvalue weighted by Gasteiger charge is -2.09. The number of hydrogen-bond donors (Lipinski definition) is 1. The zero-order valence-electron chi connectivity index (χ0n) is 7.42. The molecule has 2 unspecified atom stereocenters. The lowest BCUT2D eigenvalue weighted by molar-refractivity contribution is 0.135. The second-order valence-corrected chi connectivity index (χ2v) is 4.06. The van der Waals surface area contributed by atoms with Gasteiger partial charge in [0.25, 0.3) is 0 Å². The van der Waals surface area contributed by atoms with Gasteiger partial charge in [-0.1, -0.05) is 12.3 Å². The molecule has 1 heteroatoms. The molecule has 1 nitrogen and oxygen atoms in total. The van der Waals surface area contributed by atoms with Crippen LogP contribution >= 0.6 is 0 Å². The van der Waals surface area contributed by atoms with Gasteiger partial charge in [-0.15, -0.1) is 5.92 Å². The van der Waals surface area contributed by atoms with Gasteiger partial charge in [0.2, 0.25) is 0 Å². The summed E-state index contributed by atoms with van der Waals surface area (Å²) >= 11 is 0. The van der Waals surface area contributed by atoms with Crippen LogP contribution < -0.4 is 0 Å². The molecular weight excluding hydrogens is 148 g/mol. The molecule has 0 aromatic heterocycles. The summed E-state index contributed by atoms with van der Waals surface area (Å²) in [5, 5.41) is 9.50. The number of aliphatic hydroxyl groups excluding tert-OH is 1. The first-order valence-electron chi connectivity index (χ1n) is 5.03. The highest BCUT2D eigenvalue weighted by molar-refractivity contribution is 5.10. The predicted molar refractivity (Wildman–Crippen MR) is 48.5 cm³/mol. The third kappa shape index (κ3) is 2.01. The molecule has 2 aliphatic carbocycles. The van der Waals surface area contributed by atoms with Gasteiger partial charge in [0.15, 0.2) is 0 Å². The minimum Gasteiger partial charge on any atom is -0.393 e. The minimum absolute atomic E-state index is 0.0569. The number of rotatable bonds is 1. The van der Waals surface area contributed by atoms with E-state index in [0.29, 0.717) is 11.8 Å². The normalized spacial score (nSPS) is 34.4. The van der Waals surface area contributed by atoms with Crippen LogP contribution in [0.1, 0.15) is 38.5 Å². The second-order valence-electron chi connectivity index (χ2n) is 4.06. The molecule has 0 aromatic rings. The summed E-state index contributed by atoms with van der Waals surface area (Å²) in [6.45, 7) is 0. The fourth-order valence-corrected chi connectivity index (χ4v) is 1.82. The van der Waals surface area contributed by atoms with E-state index < -0.39 is 0 Å². The maximum absolute atomic E-state index is 9.50. The molecule has 12 heavy (non-hydrogen) atoms. The third-order valence-corrected chi connectivity index (χ3v) is 2.87. The lowest BCUT2D eigenvalue weighted by Crippen LogP contribution is -2.11. The van der Waals surface area contributed by atoms with E-state index in [1.807, 2.05) is 0 Å². The molecule has 0 radical (unpaired) electrons. The van der Waals surface area contributed by atoms with Gasteiger partial charge < -0.3 is 5.11 Å². The van der Waals surface area contributed by atoms with Crippen molar-refractivity contribution in [3.63, 3.8) is 0 Å². The highest BCUT2D eigenvalue weighted by Gasteiger charge is 2.24. The average Bonchev–Trinajstić information content (AvgIpc) is 2.78. The Morgan fingerprint density at radius 1 is 1.17 bits per heavy atom. The first-order valence-corrected chi connectivity index (χ1v) is 5.03. The third-order valence-electron chi connectivity index (χ3n) is 2.87. The van der Waals surface area contributed by atoms with Crippen LogP contribution in [0, 0.1) is 23.7 Å². The van der Waals surface area contributed by atoms with E-state index in [2.05, 4.69) is 11.8 Å². The standard InChI is InChI=1S/C11H16O/c12-11-6-2-5-10(11)4-1-3-9-7-8-9/h9-12H,2,4-8H2. The highest BCUT2D eigenvalue weighted by Crippen LogP contribution is 2.29. The fourth-order valence-electron chi connectivity index (χ4n) is 1.82. The molecule has 66 valence electrons. The van der Waals surface area contributed by atoms with Crippen molar-refractivity contribution >= 4 is 0 Å². The average molecular weight is 164 g/mol. The van der Waals surface area contributed by atoms with E-state index in [-0.39, 0.29) is 6.10 Å². The highest BCUT2D eigenvalue weighted by atomic mass is 16.3. The van der Waals surface area contributed by atoms with Crippen molar-refractivity contribution in [1.29, 1.82) is 0 Å². The molecule has 0 amide bonds. The molecule has 0 heterocycles. The second kappa shape index (κ2) is 3.49. The number of aliphatic hydroxyl groups is 1. The van der Waals surface area contributed by atoms with E-state index in [4.69, 9.17) is 0 Å². The van der Waals surface area contributed by atoms with Crippen LogP contribution in [0.15, 0.2) is 0 Å². The van der Waals surface area contributed by atoms with E-state index in [1.54, 1.807) is 0 Å². The molecular formula is C11H16O. The molecule has 1 N–H and O–H groups in total. The number of hydrogen-bond acceptors (Lipinski definition) is 1. The van der Waals surface area contributed by atoms with Crippen LogP contribution in [0.25, 0.3) is 0 Å². The zero-order valence-corrected chi connectivity index (χ0v) is 7.42. The fraction of sp³-hybridized carbons (Fsp3) is 0.818. The summed E-state index contributed by atoms with van der Waals surface area (Å²) in [7, 11) is 0. The summed E-state index contributed by atoms with van der Waals surface area (Å²) in [6, 6.07) is 0. The molecule has 2 rings (SSSR count). The molecule has 0 spiro atoms. The zero-order chi connectivity index (χ0) is 8.39.